The number of benzene rings is 2. The normalized spacial score (nSPS) is 14.7. The van der Waals surface area contributed by atoms with Gasteiger partial charge in [0.05, 0.1) is 0 Å². The van der Waals surface area contributed by atoms with Gasteiger partial charge in [-0.3, -0.25) is 0 Å². The zero-order valence-electron chi connectivity index (χ0n) is 13.9. The lowest BCUT2D eigenvalue weighted by atomic mass is 9.92. The minimum absolute atomic E-state index is 0.0322. The summed E-state index contributed by atoms with van der Waals surface area (Å²) in [6, 6.07) is 16.7. The smallest absolute Gasteiger partial charge is 0.432 e. The van der Waals surface area contributed by atoms with Crippen LogP contribution in [0.2, 0.25) is 0 Å². The van der Waals surface area contributed by atoms with E-state index in [2.05, 4.69) is 4.74 Å². The summed E-state index contributed by atoms with van der Waals surface area (Å²) in [4.78, 5) is 12.5. The number of rotatable bonds is 6. The number of ether oxygens (including phenoxy) is 2. The van der Waals surface area contributed by atoms with E-state index < -0.39 is 29.4 Å². The van der Waals surface area contributed by atoms with Crippen LogP contribution in [-0.4, -0.2) is 25.4 Å². The van der Waals surface area contributed by atoms with Crippen LogP contribution in [0, 0.1) is 11.3 Å². The summed E-state index contributed by atoms with van der Waals surface area (Å²) in [5.41, 5.74) is -3.07. The Balaban J connectivity index is 2.33. The van der Waals surface area contributed by atoms with Crippen LogP contribution in [0.5, 0.6) is 0 Å². The third-order valence-electron chi connectivity index (χ3n) is 3.83. The van der Waals surface area contributed by atoms with Crippen molar-refractivity contribution in [2.75, 3.05) is 7.11 Å². The fourth-order valence-corrected chi connectivity index (χ4v) is 2.54. The SMILES string of the molecule is CO[C@](C(=O)O[C@H](C#N)Cc1ccccc1)(c1ccccc1)C(F)(F)F. The van der Waals surface area contributed by atoms with Crippen LogP contribution < -0.4 is 0 Å². The van der Waals surface area contributed by atoms with Crippen molar-refractivity contribution in [1.29, 1.82) is 5.26 Å². The molecule has 0 bridgehead atoms. The monoisotopic (exact) mass is 363 g/mol. The van der Waals surface area contributed by atoms with Crippen molar-refractivity contribution in [3.8, 4) is 6.07 Å². The summed E-state index contributed by atoms with van der Waals surface area (Å²) in [5.74, 6) is -1.68. The number of hydrogen-bond acceptors (Lipinski definition) is 4. The van der Waals surface area contributed by atoms with Gasteiger partial charge in [-0.2, -0.15) is 18.4 Å². The van der Waals surface area contributed by atoms with E-state index >= 15 is 0 Å². The Hall–Kier alpha value is -2.85. The molecular weight excluding hydrogens is 347 g/mol. The highest BCUT2D eigenvalue weighted by Gasteiger charge is 2.64. The first-order valence-electron chi connectivity index (χ1n) is 7.67. The Kier molecular flexibility index (Phi) is 6.01. The molecule has 0 saturated carbocycles. The van der Waals surface area contributed by atoms with E-state index in [0.717, 1.165) is 19.2 Å². The van der Waals surface area contributed by atoms with E-state index in [4.69, 9.17) is 4.74 Å². The van der Waals surface area contributed by atoms with Gasteiger partial charge in [-0.05, 0) is 5.56 Å². The van der Waals surface area contributed by atoms with Crippen LogP contribution in [0.1, 0.15) is 11.1 Å². The van der Waals surface area contributed by atoms with E-state index in [1.165, 1.54) is 18.2 Å². The molecule has 0 unspecified atom stereocenters. The lowest BCUT2D eigenvalue weighted by Crippen LogP contribution is -2.52. The molecule has 0 radical (unpaired) electrons. The summed E-state index contributed by atoms with van der Waals surface area (Å²) in [6.07, 6.45) is -6.49. The standard InChI is InChI=1S/C19H16F3NO3/c1-25-18(19(20,21)22,15-10-6-3-7-11-15)17(24)26-16(13-23)12-14-8-4-2-5-9-14/h2-11,16H,12H2,1H3/t16-,18-/m0/s1. The zero-order chi connectivity index (χ0) is 19.2. The average Bonchev–Trinajstić information content (AvgIpc) is 2.62. The molecule has 0 heterocycles. The van der Waals surface area contributed by atoms with Gasteiger partial charge >= 0.3 is 12.1 Å². The number of halogens is 3. The molecule has 0 amide bonds. The van der Waals surface area contributed by atoms with Gasteiger partial charge in [-0.1, -0.05) is 60.7 Å². The average molecular weight is 363 g/mol. The Morgan fingerprint density at radius 1 is 1.08 bits per heavy atom. The van der Waals surface area contributed by atoms with Crippen LogP contribution >= 0.6 is 0 Å². The lowest BCUT2D eigenvalue weighted by Gasteiger charge is -2.32. The number of methoxy groups -OCH3 is 1. The van der Waals surface area contributed by atoms with Crippen LogP contribution in [0.3, 0.4) is 0 Å². The molecule has 26 heavy (non-hydrogen) atoms. The second-order valence-corrected chi connectivity index (χ2v) is 5.46. The molecule has 0 aliphatic rings. The number of nitriles is 1. The largest absolute Gasteiger partial charge is 0.444 e. The van der Waals surface area contributed by atoms with E-state index in [0.29, 0.717) is 5.56 Å². The van der Waals surface area contributed by atoms with Crippen molar-refractivity contribution >= 4 is 5.97 Å². The van der Waals surface area contributed by atoms with Crippen LogP contribution in [0.15, 0.2) is 60.7 Å². The van der Waals surface area contributed by atoms with Gasteiger partial charge in [0.25, 0.3) is 5.60 Å². The summed E-state index contributed by atoms with van der Waals surface area (Å²) in [7, 11) is 0.778. The number of esters is 1. The zero-order valence-corrected chi connectivity index (χ0v) is 13.9. The Bertz CT molecular complexity index is 772. The number of carbonyl (C=O) groups excluding carboxylic acids is 1. The topological polar surface area (TPSA) is 59.3 Å². The van der Waals surface area contributed by atoms with Crippen molar-refractivity contribution in [2.24, 2.45) is 0 Å². The molecular formula is C19H16F3NO3. The molecule has 0 fully saturated rings. The first-order chi connectivity index (χ1) is 12.3. The van der Waals surface area contributed by atoms with E-state index in [1.807, 2.05) is 0 Å². The van der Waals surface area contributed by atoms with E-state index in [-0.39, 0.29) is 6.42 Å². The molecule has 0 aromatic heterocycles. The molecule has 2 aromatic rings. The molecule has 2 aromatic carbocycles. The van der Waals surface area contributed by atoms with Crippen molar-refractivity contribution in [3.05, 3.63) is 71.8 Å². The maximum absolute atomic E-state index is 13.8. The number of carbonyl (C=O) groups is 1. The number of alkyl halides is 3. The molecule has 7 heteroatoms. The molecule has 4 nitrogen and oxygen atoms in total. The second kappa shape index (κ2) is 8.02. The molecule has 136 valence electrons. The lowest BCUT2D eigenvalue weighted by molar-refractivity contribution is -0.277. The highest BCUT2D eigenvalue weighted by molar-refractivity contribution is 5.83. The predicted octanol–water partition coefficient (Wildman–Crippen LogP) is 3.77. The summed E-state index contributed by atoms with van der Waals surface area (Å²) in [5, 5.41) is 9.20. The minimum Gasteiger partial charge on any atom is -0.444 e. The third kappa shape index (κ3) is 3.86. The second-order valence-electron chi connectivity index (χ2n) is 5.46. The van der Waals surface area contributed by atoms with Gasteiger partial charge < -0.3 is 9.47 Å². The highest BCUT2D eigenvalue weighted by atomic mass is 19.4. The van der Waals surface area contributed by atoms with Crippen LogP contribution in [0.4, 0.5) is 13.2 Å². The van der Waals surface area contributed by atoms with Gasteiger partial charge in [-0.25, -0.2) is 4.79 Å². The Morgan fingerprint density at radius 3 is 2.08 bits per heavy atom. The maximum Gasteiger partial charge on any atom is 0.432 e. The van der Waals surface area contributed by atoms with Gasteiger partial charge in [-0.15, -0.1) is 0 Å². The van der Waals surface area contributed by atoms with Gasteiger partial charge in [0, 0.05) is 19.1 Å². The number of nitrogens with zero attached hydrogens (tertiary/aromatic N) is 1. The van der Waals surface area contributed by atoms with Gasteiger partial charge in [0.1, 0.15) is 6.07 Å². The molecule has 0 aliphatic heterocycles. The van der Waals surface area contributed by atoms with Crippen molar-refractivity contribution < 1.29 is 27.4 Å². The quantitative estimate of drug-likeness (QED) is 0.733. The van der Waals surface area contributed by atoms with Crippen LogP contribution in [-0.2, 0) is 26.3 Å². The predicted molar refractivity (Wildman–Crippen MR) is 86.8 cm³/mol. The summed E-state index contributed by atoms with van der Waals surface area (Å²) < 4.78 is 50.9. The molecule has 0 N–H and O–H groups in total. The fourth-order valence-electron chi connectivity index (χ4n) is 2.54. The van der Waals surface area contributed by atoms with Gasteiger partial charge in [0.15, 0.2) is 6.10 Å². The van der Waals surface area contributed by atoms with Crippen molar-refractivity contribution in [3.63, 3.8) is 0 Å². The van der Waals surface area contributed by atoms with E-state index in [1.54, 1.807) is 36.4 Å². The van der Waals surface area contributed by atoms with Crippen LogP contribution in [0.25, 0.3) is 0 Å². The Morgan fingerprint density at radius 2 is 1.62 bits per heavy atom. The number of hydrogen-bond donors (Lipinski definition) is 0. The third-order valence-corrected chi connectivity index (χ3v) is 3.83. The molecule has 2 atom stereocenters. The maximum atomic E-state index is 13.8. The molecule has 0 spiro atoms. The molecule has 2 rings (SSSR count). The Labute approximate surface area is 148 Å². The fraction of sp³-hybridized carbons (Fsp3) is 0.263. The first-order valence-corrected chi connectivity index (χ1v) is 7.67. The first kappa shape index (κ1) is 19.5. The highest BCUT2D eigenvalue weighted by Crippen LogP contribution is 2.43. The minimum atomic E-state index is -5.08. The summed E-state index contributed by atoms with van der Waals surface area (Å²) >= 11 is 0. The van der Waals surface area contributed by atoms with Crippen molar-refractivity contribution in [1.82, 2.24) is 0 Å². The van der Waals surface area contributed by atoms with Crippen molar-refractivity contribution in [2.45, 2.75) is 24.3 Å². The summed E-state index contributed by atoms with van der Waals surface area (Å²) in [6.45, 7) is 0. The van der Waals surface area contributed by atoms with Gasteiger partial charge in [0.2, 0.25) is 0 Å². The molecule has 0 aliphatic carbocycles. The molecule has 0 saturated heterocycles. The van der Waals surface area contributed by atoms with E-state index in [9.17, 15) is 23.2 Å².